The molecular weight excluding hydrogens is 330 g/mol. The van der Waals surface area contributed by atoms with Gasteiger partial charge in [0.05, 0.1) is 12.7 Å². The molecule has 0 amide bonds. The van der Waals surface area contributed by atoms with E-state index in [1.54, 1.807) is 0 Å². The minimum atomic E-state index is -0.992. The third-order valence-corrected chi connectivity index (χ3v) is 5.72. The van der Waals surface area contributed by atoms with Crippen LogP contribution in [0.5, 0.6) is 11.5 Å². The van der Waals surface area contributed by atoms with Crippen LogP contribution in [0.4, 0.5) is 0 Å². The lowest BCUT2D eigenvalue weighted by molar-refractivity contribution is 0.253. The SMILES string of the molecule is CC(C)B1OCC(C[Si](C)(C)C)O1.CC(C)B1Oc2ccccc2O1. The molecule has 3 rings (SSSR count). The Morgan fingerprint density at radius 3 is 1.88 bits per heavy atom. The Hall–Kier alpha value is -0.913. The van der Waals surface area contributed by atoms with Crippen molar-refractivity contribution in [3.63, 3.8) is 0 Å². The van der Waals surface area contributed by atoms with Gasteiger partial charge in [0.2, 0.25) is 0 Å². The standard InChI is InChI=1S/C9H21BO2Si.C9H11BO2/c1-8(2)10-11-6-9(12-10)7-13(3,4)5;1-7(2)10-11-8-5-3-4-6-9(8)12-10/h8-9H,6-7H2,1-5H3;3-7H,1-2H3. The molecule has 4 nitrogen and oxygen atoms in total. The molecule has 2 aliphatic rings. The fourth-order valence-corrected chi connectivity index (χ4v) is 4.38. The second kappa shape index (κ2) is 8.65. The Balaban J connectivity index is 0.000000181. The third kappa shape index (κ3) is 6.39. The van der Waals surface area contributed by atoms with Crippen LogP contribution in [0.1, 0.15) is 27.7 Å². The molecule has 2 aliphatic heterocycles. The fraction of sp³-hybridized carbons (Fsp3) is 0.667. The Morgan fingerprint density at radius 2 is 1.48 bits per heavy atom. The van der Waals surface area contributed by atoms with E-state index < -0.39 is 8.07 Å². The zero-order valence-electron chi connectivity index (χ0n) is 16.7. The molecule has 0 radical (unpaired) electrons. The van der Waals surface area contributed by atoms with Crippen LogP contribution in [0.25, 0.3) is 0 Å². The minimum Gasteiger partial charge on any atom is -0.523 e. The van der Waals surface area contributed by atoms with Crippen molar-refractivity contribution in [2.24, 2.45) is 0 Å². The lowest BCUT2D eigenvalue weighted by Crippen LogP contribution is -2.29. The summed E-state index contributed by atoms with van der Waals surface area (Å²) in [5.41, 5.74) is 0. The van der Waals surface area contributed by atoms with E-state index in [1.807, 2.05) is 24.3 Å². The van der Waals surface area contributed by atoms with Gasteiger partial charge >= 0.3 is 14.2 Å². The van der Waals surface area contributed by atoms with Crippen LogP contribution in [0.2, 0.25) is 37.3 Å². The molecule has 0 aromatic heterocycles. The van der Waals surface area contributed by atoms with Crippen molar-refractivity contribution in [3.05, 3.63) is 24.3 Å². The summed E-state index contributed by atoms with van der Waals surface area (Å²) in [5, 5.41) is 0. The second-order valence-corrected chi connectivity index (χ2v) is 14.3. The summed E-state index contributed by atoms with van der Waals surface area (Å²) >= 11 is 0. The maximum atomic E-state index is 5.81. The summed E-state index contributed by atoms with van der Waals surface area (Å²) < 4.78 is 22.5. The van der Waals surface area contributed by atoms with E-state index >= 15 is 0 Å². The van der Waals surface area contributed by atoms with E-state index in [4.69, 9.17) is 18.6 Å². The van der Waals surface area contributed by atoms with Gasteiger partial charge < -0.3 is 18.6 Å². The predicted octanol–water partition coefficient (Wildman–Crippen LogP) is 4.99. The molecule has 1 aromatic rings. The number of benzene rings is 1. The van der Waals surface area contributed by atoms with E-state index in [1.165, 1.54) is 6.04 Å². The zero-order chi connectivity index (χ0) is 18.6. The second-order valence-electron chi connectivity index (χ2n) is 8.76. The lowest BCUT2D eigenvalue weighted by Gasteiger charge is -2.20. The monoisotopic (exact) mass is 362 g/mol. The summed E-state index contributed by atoms with van der Waals surface area (Å²) in [6.07, 6.45) is 0.360. The van der Waals surface area contributed by atoms with Gasteiger partial charge in [0, 0.05) is 13.9 Å². The van der Waals surface area contributed by atoms with E-state index in [0.717, 1.165) is 18.1 Å². The fourth-order valence-electron chi connectivity index (χ4n) is 2.80. The molecule has 0 N–H and O–H groups in total. The molecule has 1 fully saturated rings. The normalized spacial score (nSPS) is 19.5. The smallest absolute Gasteiger partial charge is 0.523 e. The molecule has 0 aliphatic carbocycles. The van der Waals surface area contributed by atoms with Crippen molar-refractivity contribution < 1.29 is 18.6 Å². The molecule has 1 saturated heterocycles. The summed E-state index contributed by atoms with van der Waals surface area (Å²) in [4.78, 5) is 0. The van der Waals surface area contributed by atoms with Gasteiger partial charge in [-0.1, -0.05) is 59.5 Å². The molecule has 0 bridgehead atoms. The van der Waals surface area contributed by atoms with Gasteiger partial charge in [-0.25, -0.2) is 0 Å². The van der Waals surface area contributed by atoms with Crippen molar-refractivity contribution in [3.8, 4) is 11.5 Å². The highest BCUT2D eigenvalue weighted by Gasteiger charge is 2.36. The Bertz CT molecular complexity index is 523. The van der Waals surface area contributed by atoms with E-state index in [9.17, 15) is 0 Å². The third-order valence-electron chi connectivity index (χ3n) is 4.04. The highest BCUT2D eigenvalue weighted by atomic mass is 28.3. The van der Waals surface area contributed by atoms with Gasteiger partial charge in [-0.15, -0.1) is 0 Å². The average molecular weight is 362 g/mol. The Morgan fingerprint density at radius 1 is 0.960 bits per heavy atom. The van der Waals surface area contributed by atoms with E-state index in [-0.39, 0.29) is 14.2 Å². The van der Waals surface area contributed by atoms with Crippen LogP contribution in [0.3, 0.4) is 0 Å². The lowest BCUT2D eigenvalue weighted by atomic mass is 9.75. The molecule has 2 heterocycles. The number of hydrogen-bond acceptors (Lipinski definition) is 4. The Labute approximate surface area is 154 Å². The van der Waals surface area contributed by atoms with Crippen LogP contribution >= 0.6 is 0 Å². The largest absolute Gasteiger partial charge is 0.597 e. The van der Waals surface area contributed by atoms with Crippen molar-refractivity contribution in [1.29, 1.82) is 0 Å². The van der Waals surface area contributed by atoms with E-state index in [2.05, 4.69) is 47.3 Å². The summed E-state index contributed by atoms with van der Waals surface area (Å²) in [6, 6.07) is 8.97. The van der Waals surface area contributed by atoms with Crippen LogP contribution in [-0.2, 0) is 9.31 Å². The van der Waals surface area contributed by atoms with Crippen LogP contribution in [-0.4, -0.2) is 35.0 Å². The maximum Gasteiger partial charge on any atom is 0.597 e. The van der Waals surface area contributed by atoms with Gasteiger partial charge in [-0.2, -0.15) is 0 Å². The van der Waals surface area contributed by atoms with Gasteiger partial charge in [-0.05, 0) is 24.0 Å². The first kappa shape index (κ1) is 20.4. The molecular formula is C18H32B2O4Si. The first-order valence-corrected chi connectivity index (χ1v) is 13.1. The van der Waals surface area contributed by atoms with Crippen LogP contribution in [0, 0.1) is 0 Å². The quantitative estimate of drug-likeness (QED) is 0.707. The van der Waals surface area contributed by atoms with Crippen molar-refractivity contribution in [1.82, 2.24) is 0 Å². The topological polar surface area (TPSA) is 36.9 Å². The molecule has 0 saturated carbocycles. The summed E-state index contributed by atoms with van der Waals surface area (Å²) in [6.45, 7) is 16.4. The summed E-state index contributed by atoms with van der Waals surface area (Å²) in [7, 11) is -1.06. The number of rotatable bonds is 4. The minimum absolute atomic E-state index is 0.0429. The van der Waals surface area contributed by atoms with Gasteiger partial charge in [0.15, 0.2) is 0 Å². The number of hydrogen-bond donors (Lipinski definition) is 0. The highest BCUT2D eigenvalue weighted by molar-refractivity contribution is 6.76. The first-order chi connectivity index (χ1) is 11.7. The maximum absolute atomic E-state index is 5.81. The Kier molecular flexibility index (Phi) is 7.06. The predicted molar refractivity (Wildman–Crippen MR) is 108 cm³/mol. The number of fused-ring (bicyclic) bond motifs is 1. The van der Waals surface area contributed by atoms with Gasteiger partial charge in [-0.3, -0.25) is 0 Å². The summed E-state index contributed by atoms with van der Waals surface area (Å²) in [5.74, 6) is 2.58. The number of para-hydroxylation sites is 2. The van der Waals surface area contributed by atoms with Crippen molar-refractivity contribution in [2.75, 3.05) is 6.61 Å². The average Bonchev–Trinajstić information content (AvgIpc) is 3.12. The first-order valence-electron chi connectivity index (χ1n) is 9.35. The van der Waals surface area contributed by atoms with Crippen LogP contribution < -0.4 is 9.31 Å². The van der Waals surface area contributed by atoms with Crippen molar-refractivity contribution in [2.45, 2.75) is 71.1 Å². The molecule has 1 atom stereocenters. The van der Waals surface area contributed by atoms with Gasteiger partial charge in [0.1, 0.15) is 11.5 Å². The zero-order valence-corrected chi connectivity index (χ0v) is 17.7. The van der Waals surface area contributed by atoms with E-state index in [0.29, 0.717) is 17.7 Å². The van der Waals surface area contributed by atoms with Crippen LogP contribution in [0.15, 0.2) is 24.3 Å². The molecule has 0 spiro atoms. The molecule has 25 heavy (non-hydrogen) atoms. The van der Waals surface area contributed by atoms with Gasteiger partial charge in [0.25, 0.3) is 0 Å². The molecule has 1 aromatic carbocycles. The highest BCUT2D eigenvalue weighted by Crippen LogP contribution is 2.35. The van der Waals surface area contributed by atoms with Crippen molar-refractivity contribution >= 4 is 22.3 Å². The molecule has 7 heteroatoms. The molecule has 138 valence electrons. The molecule has 1 unspecified atom stereocenters.